The van der Waals surface area contributed by atoms with E-state index in [9.17, 15) is 14.4 Å². The van der Waals surface area contributed by atoms with Gasteiger partial charge in [0.1, 0.15) is 6.04 Å². The Bertz CT molecular complexity index is 681. The third-order valence-electron chi connectivity index (χ3n) is 3.88. The van der Waals surface area contributed by atoms with Crippen LogP contribution in [0, 0.1) is 0 Å². The summed E-state index contributed by atoms with van der Waals surface area (Å²) in [5.74, 6) is -0.997. The van der Waals surface area contributed by atoms with E-state index in [4.69, 9.17) is 0 Å². The highest BCUT2D eigenvalue weighted by Gasteiger charge is 2.42. The van der Waals surface area contributed by atoms with E-state index < -0.39 is 11.9 Å². The van der Waals surface area contributed by atoms with E-state index in [0.717, 1.165) is 11.3 Å². The highest BCUT2D eigenvalue weighted by Crippen LogP contribution is 2.38. The SMILES string of the molecule is C=C1c2c(NC)cccc2C(=O)N1C1CCC(=O)NC1=O. The molecule has 0 radical (unpaired) electrons. The summed E-state index contributed by atoms with van der Waals surface area (Å²) in [6.45, 7) is 3.96. The minimum atomic E-state index is -0.681. The van der Waals surface area contributed by atoms with Crippen LogP contribution in [0.1, 0.15) is 28.8 Å². The van der Waals surface area contributed by atoms with E-state index in [1.165, 1.54) is 4.90 Å². The number of benzene rings is 1. The molecule has 1 atom stereocenters. The van der Waals surface area contributed by atoms with Crippen LogP contribution in [0.3, 0.4) is 0 Å². The lowest BCUT2D eigenvalue weighted by molar-refractivity contribution is -0.136. The number of amides is 3. The maximum atomic E-state index is 12.6. The van der Waals surface area contributed by atoms with Crippen LogP contribution in [-0.4, -0.2) is 35.7 Å². The van der Waals surface area contributed by atoms with Crippen LogP contribution in [0.4, 0.5) is 5.69 Å². The predicted octanol–water partition coefficient (Wildman–Crippen LogP) is 0.960. The number of carbonyl (C=O) groups excluding carboxylic acids is 3. The number of imide groups is 1. The van der Waals surface area contributed by atoms with Crippen molar-refractivity contribution in [1.29, 1.82) is 0 Å². The highest BCUT2D eigenvalue weighted by atomic mass is 16.2. The Hall–Kier alpha value is -2.63. The lowest BCUT2D eigenvalue weighted by atomic mass is 10.0. The number of carbonyl (C=O) groups is 3. The van der Waals surface area contributed by atoms with E-state index in [0.29, 0.717) is 17.7 Å². The van der Waals surface area contributed by atoms with Crippen molar-refractivity contribution in [2.45, 2.75) is 18.9 Å². The number of hydrogen-bond acceptors (Lipinski definition) is 4. The fourth-order valence-electron chi connectivity index (χ4n) is 2.88. The molecule has 0 aromatic heterocycles. The second kappa shape index (κ2) is 4.73. The lowest BCUT2D eigenvalue weighted by Gasteiger charge is -2.30. The standard InChI is InChI=1S/C15H15N3O3/c1-8-13-9(4-3-5-10(13)16-2)15(21)18(8)11-6-7-12(19)17-14(11)20/h3-5,11,16H,1,6-7H2,2H3,(H,17,19,20). The topological polar surface area (TPSA) is 78.5 Å². The van der Waals surface area contributed by atoms with E-state index in [1.54, 1.807) is 19.2 Å². The van der Waals surface area contributed by atoms with Crippen molar-refractivity contribution in [1.82, 2.24) is 10.2 Å². The molecule has 1 aromatic rings. The van der Waals surface area contributed by atoms with Gasteiger partial charge in [0.2, 0.25) is 11.8 Å². The zero-order chi connectivity index (χ0) is 15.1. The molecular formula is C15H15N3O3. The van der Waals surface area contributed by atoms with Crippen molar-refractivity contribution < 1.29 is 14.4 Å². The van der Waals surface area contributed by atoms with Gasteiger partial charge in [0.25, 0.3) is 5.91 Å². The van der Waals surface area contributed by atoms with Gasteiger partial charge in [0.05, 0.1) is 5.56 Å². The zero-order valence-corrected chi connectivity index (χ0v) is 11.6. The normalized spacial score (nSPS) is 21.4. The molecule has 0 bridgehead atoms. The first-order valence-corrected chi connectivity index (χ1v) is 6.72. The van der Waals surface area contributed by atoms with Gasteiger partial charge in [-0.3, -0.25) is 24.6 Å². The summed E-state index contributed by atoms with van der Waals surface area (Å²) in [5, 5.41) is 5.30. The minimum Gasteiger partial charge on any atom is -0.388 e. The number of anilines is 1. The fourth-order valence-corrected chi connectivity index (χ4v) is 2.88. The van der Waals surface area contributed by atoms with Crippen LogP contribution in [0.5, 0.6) is 0 Å². The average molecular weight is 285 g/mol. The molecule has 0 saturated carbocycles. The predicted molar refractivity (Wildman–Crippen MR) is 77.4 cm³/mol. The van der Waals surface area contributed by atoms with Gasteiger partial charge in [-0.05, 0) is 18.6 Å². The number of rotatable bonds is 2. The minimum absolute atomic E-state index is 0.225. The number of nitrogens with one attached hydrogen (secondary N) is 2. The van der Waals surface area contributed by atoms with Gasteiger partial charge in [0.15, 0.2) is 0 Å². The number of nitrogens with zero attached hydrogens (tertiary/aromatic N) is 1. The number of hydrogen-bond donors (Lipinski definition) is 2. The molecule has 1 unspecified atom stereocenters. The smallest absolute Gasteiger partial charge is 0.259 e. The van der Waals surface area contributed by atoms with Crippen molar-refractivity contribution in [3.8, 4) is 0 Å². The Morgan fingerprint density at radius 2 is 2.10 bits per heavy atom. The highest BCUT2D eigenvalue weighted by molar-refractivity contribution is 6.14. The summed E-state index contributed by atoms with van der Waals surface area (Å²) in [7, 11) is 1.77. The molecule has 21 heavy (non-hydrogen) atoms. The molecule has 6 heteroatoms. The van der Waals surface area contributed by atoms with Gasteiger partial charge < -0.3 is 5.32 Å². The fraction of sp³-hybridized carbons (Fsp3) is 0.267. The molecule has 2 aliphatic rings. The third-order valence-corrected chi connectivity index (χ3v) is 3.88. The Morgan fingerprint density at radius 3 is 2.76 bits per heavy atom. The molecule has 108 valence electrons. The summed E-state index contributed by atoms with van der Waals surface area (Å²) in [6, 6.07) is 4.67. The molecule has 0 aliphatic carbocycles. The molecular weight excluding hydrogens is 270 g/mol. The molecule has 6 nitrogen and oxygen atoms in total. The van der Waals surface area contributed by atoms with Gasteiger partial charge in [-0.2, -0.15) is 0 Å². The second-order valence-corrected chi connectivity index (χ2v) is 5.07. The summed E-state index contributed by atoms with van der Waals surface area (Å²) >= 11 is 0. The van der Waals surface area contributed by atoms with Crippen LogP contribution in [0.2, 0.25) is 0 Å². The summed E-state index contributed by atoms with van der Waals surface area (Å²) in [4.78, 5) is 37.2. The van der Waals surface area contributed by atoms with Crippen molar-refractivity contribution >= 4 is 29.1 Å². The van der Waals surface area contributed by atoms with E-state index in [-0.39, 0.29) is 18.2 Å². The van der Waals surface area contributed by atoms with Crippen molar-refractivity contribution in [3.05, 3.63) is 35.9 Å². The molecule has 0 spiro atoms. The Balaban J connectivity index is 2.00. The maximum absolute atomic E-state index is 12.6. The molecule has 1 fully saturated rings. The molecule has 3 rings (SSSR count). The maximum Gasteiger partial charge on any atom is 0.259 e. The Morgan fingerprint density at radius 1 is 1.33 bits per heavy atom. The summed E-state index contributed by atoms with van der Waals surface area (Å²) in [6.07, 6.45) is 0.543. The van der Waals surface area contributed by atoms with Crippen LogP contribution >= 0.6 is 0 Å². The molecule has 1 saturated heterocycles. The van der Waals surface area contributed by atoms with Gasteiger partial charge >= 0.3 is 0 Å². The van der Waals surface area contributed by atoms with Gasteiger partial charge in [0, 0.05) is 30.4 Å². The van der Waals surface area contributed by atoms with E-state index in [2.05, 4.69) is 17.2 Å². The Labute approximate surface area is 121 Å². The lowest BCUT2D eigenvalue weighted by Crippen LogP contribution is -2.52. The first-order chi connectivity index (χ1) is 10.0. The molecule has 1 aromatic carbocycles. The van der Waals surface area contributed by atoms with Crippen molar-refractivity contribution in [2.75, 3.05) is 12.4 Å². The van der Waals surface area contributed by atoms with E-state index >= 15 is 0 Å². The van der Waals surface area contributed by atoms with Gasteiger partial charge in [-0.1, -0.05) is 12.6 Å². The largest absolute Gasteiger partial charge is 0.388 e. The van der Waals surface area contributed by atoms with Crippen molar-refractivity contribution in [2.24, 2.45) is 0 Å². The van der Waals surface area contributed by atoms with Crippen LogP contribution < -0.4 is 10.6 Å². The average Bonchev–Trinajstić information content (AvgIpc) is 2.72. The summed E-state index contributed by atoms with van der Waals surface area (Å²) < 4.78 is 0. The monoisotopic (exact) mass is 285 g/mol. The molecule has 2 heterocycles. The number of fused-ring (bicyclic) bond motifs is 1. The molecule has 2 N–H and O–H groups in total. The summed E-state index contributed by atoms with van der Waals surface area (Å²) in [5.41, 5.74) is 2.53. The van der Waals surface area contributed by atoms with Gasteiger partial charge in [-0.15, -0.1) is 0 Å². The van der Waals surface area contributed by atoms with E-state index in [1.807, 2.05) is 6.07 Å². The third kappa shape index (κ3) is 1.91. The van der Waals surface area contributed by atoms with Crippen LogP contribution in [0.15, 0.2) is 24.8 Å². The molecule has 3 amide bonds. The van der Waals surface area contributed by atoms with Crippen LogP contribution in [-0.2, 0) is 9.59 Å². The Kier molecular flexibility index (Phi) is 3.01. The second-order valence-electron chi connectivity index (χ2n) is 5.07. The van der Waals surface area contributed by atoms with Gasteiger partial charge in [-0.25, -0.2) is 0 Å². The quantitative estimate of drug-likeness (QED) is 0.793. The zero-order valence-electron chi connectivity index (χ0n) is 11.6. The van der Waals surface area contributed by atoms with Crippen molar-refractivity contribution in [3.63, 3.8) is 0 Å². The first kappa shape index (κ1) is 13.4. The number of piperidine rings is 1. The molecule has 2 aliphatic heterocycles. The van der Waals surface area contributed by atoms with Crippen LogP contribution in [0.25, 0.3) is 5.70 Å². The first-order valence-electron chi connectivity index (χ1n) is 6.72.